The third kappa shape index (κ3) is 2.86. The molecule has 0 saturated carbocycles. The van der Waals surface area contributed by atoms with Crippen LogP contribution >= 0.6 is 0 Å². The summed E-state index contributed by atoms with van der Waals surface area (Å²) in [5, 5.41) is 0.872. The van der Waals surface area contributed by atoms with E-state index in [2.05, 4.69) is 0 Å². The average molecular weight is 313 g/mol. The van der Waals surface area contributed by atoms with Crippen molar-refractivity contribution in [3.63, 3.8) is 0 Å². The van der Waals surface area contributed by atoms with Crippen LogP contribution in [0, 0.1) is 13.8 Å². The monoisotopic (exact) mass is 313 g/mol. The molecule has 3 rings (SSSR count). The molecule has 0 spiro atoms. The maximum absolute atomic E-state index is 12.3. The largest absolute Gasteiger partial charge is 0.481 e. The highest BCUT2D eigenvalue weighted by molar-refractivity contribution is 5.83. The number of carbonyl (C=O) groups is 1. The molecule has 1 aromatic heterocycles. The van der Waals surface area contributed by atoms with Crippen LogP contribution in [0.25, 0.3) is 11.0 Å². The fraction of sp³-hybridized carbons (Fsp3) is 0.333. The van der Waals surface area contributed by atoms with E-state index in [-0.39, 0.29) is 11.5 Å². The minimum Gasteiger partial charge on any atom is -0.481 e. The van der Waals surface area contributed by atoms with Crippen molar-refractivity contribution in [2.24, 2.45) is 0 Å². The van der Waals surface area contributed by atoms with Crippen LogP contribution in [0.3, 0.4) is 0 Å². The SMILES string of the molecule is Cc1c(C)c2ccc(OC(C)C(=O)N3CC=CC3)cc2oc1=O. The normalized spacial score (nSPS) is 15.2. The van der Waals surface area contributed by atoms with Gasteiger partial charge in [-0.15, -0.1) is 0 Å². The Balaban J connectivity index is 1.84. The van der Waals surface area contributed by atoms with E-state index in [9.17, 15) is 9.59 Å². The van der Waals surface area contributed by atoms with E-state index in [0.717, 1.165) is 10.9 Å². The molecule has 5 heteroatoms. The molecule has 0 aliphatic carbocycles. The zero-order valence-electron chi connectivity index (χ0n) is 13.5. The number of aryl methyl sites for hydroxylation is 1. The lowest BCUT2D eigenvalue weighted by atomic mass is 10.1. The number of benzene rings is 1. The molecule has 0 radical (unpaired) electrons. The van der Waals surface area contributed by atoms with Crippen molar-refractivity contribution in [1.29, 1.82) is 0 Å². The van der Waals surface area contributed by atoms with Crippen molar-refractivity contribution in [3.8, 4) is 5.75 Å². The van der Waals surface area contributed by atoms with Gasteiger partial charge >= 0.3 is 5.63 Å². The zero-order valence-corrected chi connectivity index (χ0v) is 13.5. The van der Waals surface area contributed by atoms with E-state index in [4.69, 9.17) is 9.15 Å². The van der Waals surface area contributed by atoms with Gasteiger partial charge < -0.3 is 14.1 Å². The van der Waals surface area contributed by atoms with E-state index in [1.54, 1.807) is 30.9 Å². The predicted octanol–water partition coefficient (Wildman–Crippen LogP) is 2.58. The molecule has 1 unspecified atom stereocenters. The fourth-order valence-electron chi connectivity index (χ4n) is 2.67. The second-order valence-corrected chi connectivity index (χ2v) is 5.77. The van der Waals surface area contributed by atoms with Crippen LogP contribution in [0.2, 0.25) is 0 Å². The number of rotatable bonds is 3. The molecular formula is C18H19NO4. The van der Waals surface area contributed by atoms with Crippen molar-refractivity contribution >= 4 is 16.9 Å². The zero-order chi connectivity index (χ0) is 16.6. The molecule has 1 amide bonds. The van der Waals surface area contributed by atoms with Gasteiger partial charge in [-0.2, -0.15) is 0 Å². The van der Waals surface area contributed by atoms with Crippen molar-refractivity contribution in [1.82, 2.24) is 4.90 Å². The Labute approximate surface area is 134 Å². The molecule has 120 valence electrons. The average Bonchev–Trinajstić information content (AvgIpc) is 3.06. The van der Waals surface area contributed by atoms with Crippen LogP contribution in [0.15, 0.2) is 39.6 Å². The fourth-order valence-corrected chi connectivity index (χ4v) is 2.67. The lowest BCUT2D eigenvalue weighted by Gasteiger charge is -2.21. The summed E-state index contributed by atoms with van der Waals surface area (Å²) in [4.78, 5) is 25.8. The van der Waals surface area contributed by atoms with Gasteiger partial charge in [0.1, 0.15) is 11.3 Å². The van der Waals surface area contributed by atoms with E-state index >= 15 is 0 Å². The summed E-state index contributed by atoms with van der Waals surface area (Å²) in [5.41, 5.74) is 1.63. The second-order valence-electron chi connectivity index (χ2n) is 5.77. The van der Waals surface area contributed by atoms with Crippen molar-refractivity contribution in [2.75, 3.05) is 13.1 Å². The smallest absolute Gasteiger partial charge is 0.339 e. The number of hydrogen-bond donors (Lipinski definition) is 0. The minimum absolute atomic E-state index is 0.0587. The molecule has 0 bridgehead atoms. The standard InChI is InChI=1S/C18H19NO4/c1-11-12(2)18(21)23-16-10-14(6-7-15(11)16)22-13(3)17(20)19-8-4-5-9-19/h4-7,10,13H,8-9H2,1-3H3. The van der Waals surface area contributed by atoms with Gasteiger partial charge in [-0.25, -0.2) is 4.79 Å². The summed E-state index contributed by atoms with van der Waals surface area (Å²) in [5.74, 6) is 0.452. The number of carbonyl (C=O) groups excluding carboxylic acids is 1. The first kappa shape index (κ1) is 15.3. The summed E-state index contributed by atoms with van der Waals surface area (Å²) < 4.78 is 11.0. The first-order chi connectivity index (χ1) is 11.0. The molecule has 1 aliphatic rings. The highest BCUT2D eigenvalue weighted by atomic mass is 16.5. The Morgan fingerprint density at radius 3 is 2.61 bits per heavy atom. The molecule has 1 aromatic carbocycles. The van der Waals surface area contributed by atoms with Crippen LogP contribution in [0.5, 0.6) is 5.75 Å². The molecular weight excluding hydrogens is 294 g/mol. The highest BCUT2D eigenvalue weighted by Crippen LogP contribution is 2.24. The Bertz CT molecular complexity index is 842. The van der Waals surface area contributed by atoms with Crippen LogP contribution in [0.1, 0.15) is 18.1 Å². The first-order valence-corrected chi connectivity index (χ1v) is 7.62. The molecule has 2 aromatic rings. The number of amides is 1. The Morgan fingerprint density at radius 2 is 1.91 bits per heavy atom. The van der Waals surface area contributed by atoms with E-state index in [0.29, 0.717) is 30.0 Å². The van der Waals surface area contributed by atoms with E-state index in [1.807, 2.05) is 25.1 Å². The molecule has 0 fully saturated rings. The minimum atomic E-state index is -0.592. The van der Waals surface area contributed by atoms with Crippen LogP contribution in [-0.4, -0.2) is 30.0 Å². The summed E-state index contributed by atoms with van der Waals surface area (Å²) in [6, 6.07) is 5.31. The Kier molecular flexibility index (Phi) is 3.94. The lowest BCUT2D eigenvalue weighted by molar-refractivity contribution is -0.136. The van der Waals surface area contributed by atoms with E-state index < -0.39 is 6.10 Å². The van der Waals surface area contributed by atoms with Gasteiger partial charge in [0.2, 0.25) is 0 Å². The number of fused-ring (bicyclic) bond motifs is 1. The van der Waals surface area contributed by atoms with Gasteiger partial charge in [0, 0.05) is 30.1 Å². The van der Waals surface area contributed by atoms with E-state index in [1.165, 1.54) is 0 Å². The topological polar surface area (TPSA) is 59.8 Å². The van der Waals surface area contributed by atoms with Gasteiger partial charge in [-0.3, -0.25) is 4.79 Å². The number of ether oxygens (including phenoxy) is 1. The first-order valence-electron chi connectivity index (χ1n) is 7.62. The highest BCUT2D eigenvalue weighted by Gasteiger charge is 2.22. The van der Waals surface area contributed by atoms with Gasteiger partial charge in [0.25, 0.3) is 5.91 Å². The Hall–Kier alpha value is -2.56. The van der Waals surface area contributed by atoms with Crippen LogP contribution in [0.4, 0.5) is 0 Å². The quantitative estimate of drug-likeness (QED) is 0.645. The molecule has 0 N–H and O–H groups in total. The molecule has 0 saturated heterocycles. The van der Waals surface area contributed by atoms with Gasteiger partial charge in [0.05, 0.1) is 0 Å². The lowest BCUT2D eigenvalue weighted by Crippen LogP contribution is -2.38. The predicted molar refractivity (Wildman–Crippen MR) is 87.8 cm³/mol. The number of hydrogen-bond acceptors (Lipinski definition) is 4. The molecule has 5 nitrogen and oxygen atoms in total. The summed E-state index contributed by atoms with van der Waals surface area (Å²) in [6.45, 7) is 6.61. The van der Waals surface area contributed by atoms with Gasteiger partial charge in [-0.05, 0) is 38.5 Å². The third-order valence-corrected chi connectivity index (χ3v) is 4.22. The summed E-state index contributed by atoms with van der Waals surface area (Å²) in [6.07, 6.45) is 3.33. The van der Waals surface area contributed by atoms with Gasteiger partial charge in [0.15, 0.2) is 6.10 Å². The molecule has 23 heavy (non-hydrogen) atoms. The van der Waals surface area contributed by atoms with Crippen molar-refractivity contribution in [3.05, 3.63) is 51.9 Å². The maximum Gasteiger partial charge on any atom is 0.339 e. The third-order valence-electron chi connectivity index (χ3n) is 4.22. The number of nitrogens with zero attached hydrogens (tertiary/aromatic N) is 1. The summed E-state index contributed by atoms with van der Waals surface area (Å²) >= 11 is 0. The molecule has 1 aliphatic heterocycles. The van der Waals surface area contributed by atoms with Crippen molar-refractivity contribution < 1.29 is 13.9 Å². The van der Waals surface area contributed by atoms with Crippen LogP contribution in [-0.2, 0) is 4.79 Å². The van der Waals surface area contributed by atoms with Crippen LogP contribution < -0.4 is 10.4 Å². The second kappa shape index (κ2) is 5.91. The molecule has 2 heterocycles. The maximum atomic E-state index is 12.3. The molecule has 1 atom stereocenters. The van der Waals surface area contributed by atoms with Crippen molar-refractivity contribution in [2.45, 2.75) is 26.9 Å². The summed E-state index contributed by atoms with van der Waals surface area (Å²) in [7, 11) is 0. The Morgan fingerprint density at radius 1 is 1.22 bits per heavy atom. The van der Waals surface area contributed by atoms with Gasteiger partial charge in [-0.1, -0.05) is 12.2 Å².